The average Bonchev–Trinajstić information content (AvgIpc) is 2.58. The van der Waals surface area contributed by atoms with E-state index in [2.05, 4.69) is 47.7 Å². The number of hydrogen-bond donors (Lipinski definition) is 0. The van der Waals surface area contributed by atoms with Gasteiger partial charge in [-0.05, 0) is 50.1 Å². The Bertz CT molecular complexity index is 410. The van der Waals surface area contributed by atoms with Crippen molar-refractivity contribution in [1.82, 2.24) is 9.55 Å². The molecular weight excluding hydrogens is 184 g/mol. The minimum absolute atomic E-state index is 1.05. The first kappa shape index (κ1) is 9.97. The Kier molecular flexibility index (Phi) is 2.86. The highest BCUT2D eigenvalue weighted by Crippen LogP contribution is 2.09. The third kappa shape index (κ3) is 2.27. The SMILES string of the molecule is Cc1ccc(C)n1CCc1ccncc1. The Morgan fingerprint density at radius 3 is 2.20 bits per heavy atom. The molecule has 0 amide bonds. The fraction of sp³-hybridized carbons (Fsp3) is 0.308. The molecule has 0 aliphatic rings. The molecule has 0 radical (unpaired) electrons. The second-order valence-electron chi connectivity index (χ2n) is 3.87. The molecule has 2 aromatic heterocycles. The highest BCUT2D eigenvalue weighted by Gasteiger charge is 2.00. The van der Waals surface area contributed by atoms with Crippen LogP contribution in [0.2, 0.25) is 0 Å². The lowest BCUT2D eigenvalue weighted by molar-refractivity contribution is 0.663. The van der Waals surface area contributed by atoms with Crippen LogP contribution in [-0.2, 0) is 13.0 Å². The van der Waals surface area contributed by atoms with E-state index < -0.39 is 0 Å². The minimum atomic E-state index is 1.05. The highest BCUT2D eigenvalue weighted by atomic mass is 15.0. The fourth-order valence-corrected chi connectivity index (χ4v) is 1.84. The molecule has 78 valence electrons. The summed E-state index contributed by atoms with van der Waals surface area (Å²) in [4.78, 5) is 4.02. The van der Waals surface area contributed by atoms with Crippen LogP contribution >= 0.6 is 0 Å². The standard InChI is InChI=1S/C13H16N2/c1-11-3-4-12(2)15(11)10-7-13-5-8-14-9-6-13/h3-6,8-9H,7,10H2,1-2H3. The van der Waals surface area contributed by atoms with Crippen LogP contribution in [0.5, 0.6) is 0 Å². The first-order valence-electron chi connectivity index (χ1n) is 5.29. The molecule has 2 heteroatoms. The summed E-state index contributed by atoms with van der Waals surface area (Å²) in [5.41, 5.74) is 4.01. The minimum Gasteiger partial charge on any atom is -0.349 e. The predicted octanol–water partition coefficient (Wildman–Crippen LogP) is 2.74. The second-order valence-corrected chi connectivity index (χ2v) is 3.87. The summed E-state index contributed by atoms with van der Waals surface area (Å²) in [6.07, 6.45) is 4.77. The van der Waals surface area contributed by atoms with Gasteiger partial charge in [0, 0.05) is 30.3 Å². The largest absolute Gasteiger partial charge is 0.349 e. The van der Waals surface area contributed by atoms with Gasteiger partial charge in [0.25, 0.3) is 0 Å². The molecular formula is C13H16N2. The van der Waals surface area contributed by atoms with E-state index in [4.69, 9.17) is 0 Å². The molecule has 2 nitrogen and oxygen atoms in total. The summed E-state index contributed by atoms with van der Waals surface area (Å²) < 4.78 is 2.35. The molecule has 2 heterocycles. The molecule has 0 saturated carbocycles. The van der Waals surface area contributed by atoms with Crippen molar-refractivity contribution < 1.29 is 0 Å². The van der Waals surface area contributed by atoms with E-state index in [1.807, 2.05) is 12.4 Å². The van der Waals surface area contributed by atoms with Crippen LogP contribution in [0.25, 0.3) is 0 Å². The number of rotatable bonds is 3. The van der Waals surface area contributed by atoms with Gasteiger partial charge in [-0.1, -0.05) is 0 Å². The average molecular weight is 200 g/mol. The van der Waals surface area contributed by atoms with Crippen LogP contribution in [0.3, 0.4) is 0 Å². The van der Waals surface area contributed by atoms with Crippen molar-refractivity contribution >= 4 is 0 Å². The number of hydrogen-bond acceptors (Lipinski definition) is 1. The molecule has 0 N–H and O–H groups in total. The molecule has 0 atom stereocenters. The van der Waals surface area contributed by atoms with Gasteiger partial charge in [0.05, 0.1) is 0 Å². The second kappa shape index (κ2) is 4.30. The van der Waals surface area contributed by atoms with E-state index in [-0.39, 0.29) is 0 Å². The summed E-state index contributed by atoms with van der Waals surface area (Å²) in [5, 5.41) is 0. The van der Waals surface area contributed by atoms with Crippen LogP contribution in [0.15, 0.2) is 36.7 Å². The maximum atomic E-state index is 4.02. The lowest BCUT2D eigenvalue weighted by Gasteiger charge is -2.08. The Morgan fingerprint density at radius 2 is 1.60 bits per heavy atom. The molecule has 0 unspecified atom stereocenters. The topological polar surface area (TPSA) is 17.8 Å². The zero-order chi connectivity index (χ0) is 10.7. The number of aryl methyl sites for hydroxylation is 3. The molecule has 0 fully saturated rings. The first-order valence-corrected chi connectivity index (χ1v) is 5.29. The molecule has 2 rings (SSSR count). The van der Waals surface area contributed by atoms with Gasteiger partial charge < -0.3 is 4.57 Å². The number of pyridine rings is 1. The summed E-state index contributed by atoms with van der Waals surface area (Å²) >= 11 is 0. The number of nitrogens with zero attached hydrogens (tertiary/aromatic N) is 2. The molecule has 0 bridgehead atoms. The van der Waals surface area contributed by atoms with Crippen LogP contribution in [0.1, 0.15) is 17.0 Å². The Hall–Kier alpha value is -1.57. The number of aromatic nitrogens is 2. The third-order valence-corrected chi connectivity index (χ3v) is 2.79. The Balaban J connectivity index is 2.05. The van der Waals surface area contributed by atoms with Crippen LogP contribution < -0.4 is 0 Å². The summed E-state index contributed by atoms with van der Waals surface area (Å²) in [6, 6.07) is 8.49. The molecule has 15 heavy (non-hydrogen) atoms. The van der Waals surface area contributed by atoms with Crippen molar-refractivity contribution in [3.05, 3.63) is 53.6 Å². The van der Waals surface area contributed by atoms with Gasteiger partial charge in [-0.2, -0.15) is 0 Å². The van der Waals surface area contributed by atoms with Crippen molar-refractivity contribution in [2.45, 2.75) is 26.8 Å². The Morgan fingerprint density at radius 1 is 1.00 bits per heavy atom. The van der Waals surface area contributed by atoms with Gasteiger partial charge in [-0.3, -0.25) is 4.98 Å². The normalized spacial score (nSPS) is 10.5. The summed E-state index contributed by atoms with van der Waals surface area (Å²) in [7, 11) is 0. The van der Waals surface area contributed by atoms with Gasteiger partial charge in [0.1, 0.15) is 0 Å². The first-order chi connectivity index (χ1) is 7.27. The summed E-state index contributed by atoms with van der Waals surface area (Å²) in [6.45, 7) is 5.35. The van der Waals surface area contributed by atoms with Gasteiger partial charge in [-0.15, -0.1) is 0 Å². The molecule has 0 aliphatic carbocycles. The third-order valence-electron chi connectivity index (χ3n) is 2.79. The van der Waals surface area contributed by atoms with E-state index in [0.717, 1.165) is 13.0 Å². The van der Waals surface area contributed by atoms with Gasteiger partial charge in [0.2, 0.25) is 0 Å². The molecule has 0 saturated heterocycles. The van der Waals surface area contributed by atoms with Gasteiger partial charge >= 0.3 is 0 Å². The molecule has 0 spiro atoms. The lowest BCUT2D eigenvalue weighted by Crippen LogP contribution is -2.04. The van der Waals surface area contributed by atoms with Crippen LogP contribution in [0, 0.1) is 13.8 Å². The van der Waals surface area contributed by atoms with Gasteiger partial charge in [0.15, 0.2) is 0 Å². The van der Waals surface area contributed by atoms with Crippen molar-refractivity contribution in [2.75, 3.05) is 0 Å². The van der Waals surface area contributed by atoms with E-state index >= 15 is 0 Å². The quantitative estimate of drug-likeness (QED) is 0.745. The maximum absolute atomic E-state index is 4.02. The molecule has 0 aromatic carbocycles. The lowest BCUT2D eigenvalue weighted by atomic mass is 10.2. The van der Waals surface area contributed by atoms with Gasteiger partial charge in [-0.25, -0.2) is 0 Å². The summed E-state index contributed by atoms with van der Waals surface area (Å²) in [5.74, 6) is 0. The van der Waals surface area contributed by atoms with Crippen molar-refractivity contribution in [2.24, 2.45) is 0 Å². The zero-order valence-corrected chi connectivity index (χ0v) is 9.27. The smallest absolute Gasteiger partial charge is 0.0270 e. The predicted molar refractivity (Wildman–Crippen MR) is 61.8 cm³/mol. The van der Waals surface area contributed by atoms with Crippen LogP contribution in [0.4, 0.5) is 0 Å². The van der Waals surface area contributed by atoms with E-state index in [9.17, 15) is 0 Å². The van der Waals surface area contributed by atoms with E-state index in [1.54, 1.807) is 0 Å². The van der Waals surface area contributed by atoms with E-state index in [0.29, 0.717) is 0 Å². The highest BCUT2D eigenvalue weighted by molar-refractivity contribution is 5.15. The molecule has 2 aromatic rings. The monoisotopic (exact) mass is 200 g/mol. The van der Waals surface area contributed by atoms with Crippen LogP contribution in [-0.4, -0.2) is 9.55 Å². The van der Waals surface area contributed by atoms with Crippen molar-refractivity contribution in [3.8, 4) is 0 Å². The Labute approximate surface area is 90.6 Å². The van der Waals surface area contributed by atoms with Crippen molar-refractivity contribution in [3.63, 3.8) is 0 Å². The fourth-order valence-electron chi connectivity index (χ4n) is 1.84. The van der Waals surface area contributed by atoms with E-state index in [1.165, 1.54) is 17.0 Å². The zero-order valence-electron chi connectivity index (χ0n) is 9.27. The molecule has 0 aliphatic heterocycles. The van der Waals surface area contributed by atoms with Crippen molar-refractivity contribution in [1.29, 1.82) is 0 Å². The maximum Gasteiger partial charge on any atom is 0.0270 e.